The van der Waals surface area contributed by atoms with Crippen molar-refractivity contribution in [3.63, 3.8) is 0 Å². The van der Waals surface area contributed by atoms with E-state index in [9.17, 15) is 17.6 Å². The summed E-state index contributed by atoms with van der Waals surface area (Å²) in [5.41, 5.74) is 1.11. The molecule has 0 spiro atoms. The van der Waals surface area contributed by atoms with Crippen LogP contribution in [-0.4, -0.2) is 20.9 Å². The van der Waals surface area contributed by atoms with Crippen LogP contribution in [0.4, 0.5) is 17.6 Å². The average Bonchev–Trinajstić information content (AvgIpc) is 3.09. The molecule has 0 N–H and O–H groups in total. The number of hydrogen-bond acceptors (Lipinski definition) is 4. The van der Waals surface area contributed by atoms with Crippen LogP contribution in [0, 0.1) is 23.3 Å². The number of unbranched alkanes of at least 4 members (excludes halogenated alkanes) is 10. The summed E-state index contributed by atoms with van der Waals surface area (Å²) in [6.07, 6.45) is 13.3. The van der Waals surface area contributed by atoms with Gasteiger partial charge in [-0.15, -0.1) is 0 Å². The standard InChI is InChI=1S/C40H46BF4O4/c1-3-5-7-9-11-13-23-46-39-21-15-29(25-37(39)44)33-19-17-31(27-35(33)42)48-41-49-32-18-20-34(36(43)28-32)30-16-22-40(38(45)26-30)47-24-14-12-10-8-6-4-2/h15-22,25-28H,3-14,23-24H2,1-2H3. The van der Waals surface area contributed by atoms with Gasteiger partial charge in [0.25, 0.3) is 0 Å². The summed E-state index contributed by atoms with van der Waals surface area (Å²) >= 11 is 0. The van der Waals surface area contributed by atoms with Crippen molar-refractivity contribution < 1.29 is 36.3 Å². The van der Waals surface area contributed by atoms with E-state index >= 15 is 0 Å². The third kappa shape index (κ3) is 12.1. The quantitative estimate of drug-likeness (QED) is 0.0471. The zero-order chi connectivity index (χ0) is 34.8. The minimum atomic E-state index is -0.618. The second kappa shape index (κ2) is 20.4. The molecule has 0 fully saturated rings. The Balaban J connectivity index is 1.24. The summed E-state index contributed by atoms with van der Waals surface area (Å²) in [5, 5.41) is 0. The van der Waals surface area contributed by atoms with Gasteiger partial charge in [-0.2, -0.15) is 0 Å². The molecule has 0 aliphatic rings. The number of rotatable bonds is 22. The third-order valence-corrected chi connectivity index (χ3v) is 8.25. The van der Waals surface area contributed by atoms with Gasteiger partial charge in [-0.3, -0.25) is 0 Å². The molecule has 4 aromatic carbocycles. The van der Waals surface area contributed by atoms with Gasteiger partial charge in [0.2, 0.25) is 0 Å². The van der Waals surface area contributed by atoms with E-state index in [-0.39, 0.29) is 34.1 Å². The number of ether oxygens (including phenoxy) is 2. The van der Waals surface area contributed by atoms with Crippen molar-refractivity contribution in [1.82, 2.24) is 0 Å². The molecule has 4 rings (SSSR count). The highest BCUT2D eigenvalue weighted by atomic mass is 19.1. The van der Waals surface area contributed by atoms with E-state index in [1.807, 2.05) is 0 Å². The Labute approximate surface area is 289 Å². The SMILES string of the molecule is CCCCCCCCOc1ccc(-c2ccc(O[B]Oc3ccc(-c4ccc(OCCCCCCCC)c(F)c4)c(F)c3)cc2F)cc1F. The van der Waals surface area contributed by atoms with Crippen LogP contribution in [0.25, 0.3) is 22.3 Å². The van der Waals surface area contributed by atoms with Crippen molar-refractivity contribution in [2.24, 2.45) is 0 Å². The number of hydrogen-bond donors (Lipinski definition) is 0. The van der Waals surface area contributed by atoms with Crippen molar-refractivity contribution in [3.8, 4) is 45.3 Å². The maximum absolute atomic E-state index is 15.0. The fraction of sp³-hybridized carbons (Fsp3) is 0.400. The molecule has 9 heteroatoms. The van der Waals surface area contributed by atoms with Gasteiger partial charge >= 0.3 is 7.69 Å². The van der Waals surface area contributed by atoms with Crippen LogP contribution >= 0.6 is 0 Å². The molecule has 0 aliphatic carbocycles. The molecule has 0 atom stereocenters. The molecule has 0 heterocycles. The van der Waals surface area contributed by atoms with Crippen molar-refractivity contribution in [3.05, 3.63) is 96.1 Å². The summed E-state index contributed by atoms with van der Waals surface area (Å²) in [7, 11) is 0.952. The van der Waals surface area contributed by atoms with Crippen LogP contribution < -0.4 is 18.8 Å². The van der Waals surface area contributed by atoms with Gasteiger partial charge in [0, 0.05) is 23.3 Å². The molecule has 0 unspecified atom stereocenters. The zero-order valence-electron chi connectivity index (χ0n) is 28.5. The minimum absolute atomic E-state index is 0.131. The smallest absolute Gasteiger partial charge is 0.526 e. The monoisotopic (exact) mass is 677 g/mol. The first-order valence-electron chi connectivity index (χ1n) is 17.5. The lowest BCUT2D eigenvalue weighted by Crippen LogP contribution is -2.11. The summed E-state index contributed by atoms with van der Waals surface area (Å²) in [5.74, 6) is -1.81. The molecule has 0 bridgehead atoms. The minimum Gasteiger partial charge on any atom is -0.526 e. The van der Waals surface area contributed by atoms with Crippen LogP contribution in [-0.2, 0) is 0 Å². The lowest BCUT2D eigenvalue weighted by Gasteiger charge is -2.12. The van der Waals surface area contributed by atoms with Gasteiger partial charge in [0.1, 0.15) is 23.1 Å². The Morgan fingerprint density at radius 1 is 0.449 bits per heavy atom. The van der Waals surface area contributed by atoms with Gasteiger partial charge < -0.3 is 18.8 Å². The molecule has 0 saturated carbocycles. The summed E-state index contributed by atoms with van der Waals surface area (Å²) in [6.45, 7) is 5.21. The lowest BCUT2D eigenvalue weighted by molar-refractivity contribution is 0.290. The molecule has 4 nitrogen and oxygen atoms in total. The second-order valence-corrected chi connectivity index (χ2v) is 12.1. The Hall–Kier alpha value is -4.14. The average molecular weight is 678 g/mol. The van der Waals surface area contributed by atoms with Gasteiger partial charge in [-0.1, -0.05) is 90.2 Å². The van der Waals surface area contributed by atoms with Crippen molar-refractivity contribution >= 4 is 7.69 Å². The molecular weight excluding hydrogens is 631 g/mol. The molecule has 0 aromatic heterocycles. The molecule has 4 aromatic rings. The first-order chi connectivity index (χ1) is 23.9. The molecule has 261 valence electrons. The Morgan fingerprint density at radius 2 is 0.857 bits per heavy atom. The van der Waals surface area contributed by atoms with Crippen molar-refractivity contribution in [2.75, 3.05) is 13.2 Å². The van der Waals surface area contributed by atoms with E-state index < -0.39 is 23.3 Å². The second-order valence-electron chi connectivity index (χ2n) is 12.1. The summed E-state index contributed by atoms with van der Waals surface area (Å²) in [6, 6.07) is 17.0. The van der Waals surface area contributed by atoms with Crippen LogP contribution in [0.1, 0.15) is 90.9 Å². The normalized spacial score (nSPS) is 11.0. The summed E-state index contributed by atoms with van der Waals surface area (Å²) in [4.78, 5) is 0. The molecule has 49 heavy (non-hydrogen) atoms. The predicted octanol–water partition coefficient (Wildman–Crippen LogP) is 12.0. The highest BCUT2D eigenvalue weighted by molar-refractivity contribution is 6.20. The Bertz CT molecular complexity index is 1480. The largest absolute Gasteiger partial charge is 0.658 e. The van der Waals surface area contributed by atoms with E-state index in [0.717, 1.165) is 58.3 Å². The topological polar surface area (TPSA) is 36.9 Å². The predicted molar refractivity (Wildman–Crippen MR) is 188 cm³/mol. The van der Waals surface area contributed by atoms with Crippen molar-refractivity contribution in [2.45, 2.75) is 90.9 Å². The Morgan fingerprint density at radius 3 is 1.24 bits per heavy atom. The Kier molecular flexibility index (Phi) is 15.7. The van der Waals surface area contributed by atoms with Crippen molar-refractivity contribution in [1.29, 1.82) is 0 Å². The lowest BCUT2D eigenvalue weighted by atomic mass is 10.0. The molecule has 0 saturated heterocycles. The van der Waals surface area contributed by atoms with Crippen LogP contribution in [0.5, 0.6) is 23.0 Å². The van der Waals surface area contributed by atoms with E-state index in [4.69, 9.17) is 18.8 Å². The highest BCUT2D eigenvalue weighted by Gasteiger charge is 2.14. The van der Waals surface area contributed by atoms with Gasteiger partial charge in [0.05, 0.1) is 13.2 Å². The van der Waals surface area contributed by atoms with Crippen LogP contribution in [0.2, 0.25) is 0 Å². The molecular formula is C40H46BF4O4. The van der Waals surface area contributed by atoms with E-state index in [0.29, 0.717) is 24.3 Å². The van der Waals surface area contributed by atoms with Gasteiger partial charge in [-0.05, 0) is 72.5 Å². The maximum Gasteiger partial charge on any atom is 0.658 e. The van der Waals surface area contributed by atoms with Gasteiger partial charge in [0.15, 0.2) is 23.1 Å². The van der Waals surface area contributed by atoms with Crippen LogP contribution in [0.15, 0.2) is 72.8 Å². The van der Waals surface area contributed by atoms with E-state index in [1.54, 1.807) is 12.1 Å². The zero-order valence-corrected chi connectivity index (χ0v) is 28.5. The van der Waals surface area contributed by atoms with E-state index in [1.165, 1.54) is 87.1 Å². The van der Waals surface area contributed by atoms with E-state index in [2.05, 4.69) is 13.8 Å². The first kappa shape index (κ1) is 37.7. The molecule has 0 amide bonds. The fourth-order valence-corrected chi connectivity index (χ4v) is 5.44. The maximum atomic E-state index is 15.0. The van der Waals surface area contributed by atoms with Gasteiger partial charge in [-0.25, -0.2) is 17.6 Å². The highest BCUT2D eigenvalue weighted by Crippen LogP contribution is 2.32. The van der Waals surface area contributed by atoms with Crippen LogP contribution in [0.3, 0.4) is 0 Å². The third-order valence-electron chi connectivity index (χ3n) is 8.25. The number of halogens is 4. The molecule has 0 aliphatic heterocycles. The fourth-order valence-electron chi connectivity index (χ4n) is 5.44. The first-order valence-corrected chi connectivity index (χ1v) is 17.5. The number of benzene rings is 4. The molecule has 1 radical (unpaired) electrons. The summed E-state index contributed by atoms with van der Waals surface area (Å²) < 4.78 is 81.2.